The van der Waals surface area contributed by atoms with Gasteiger partial charge < -0.3 is 15.2 Å². The molecule has 70 valence electrons. The average molecular weight is 179 g/mol. The van der Waals surface area contributed by atoms with Crippen LogP contribution in [0.2, 0.25) is 0 Å². The Kier molecular flexibility index (Phi) is 2.00. The molecule has 0 spiro atoms. The van der Waals surface area contributed by atoms with Crippen molar-refractivity contribution in [3.8, 4) is 11.5 Å². The third-order valence-corrected chi connectivity index (χ3v) is 2.29. The number of fused-ring (bicyclic) bond motifs is 1. The van der Waals surface area contributed by atoms with Crippen LogP contribution in [0.5, 0.6) is 11.5 Å². The Bertz CT molecular complexity index is 323. The highest BCUT2D eigenvalue weighted by molar-refractivity contribution is 5.66. The molecule has 1 aromatic rings. The highest BCUT2D eigenvalue weighted by Gasteiger charge is 2.15. The lowest BCUT2D eigenvalue weighted by Gasteiger charge is -2.20. The Morgan fingerprint density at radius 1 is 1.46 bits per heavy atom. The normalized spacial score (nSPS) is 14.5. The van der Waals surface area contributed by atoms with Crippen molar-refractivity contribution >= 4 is 5.69 Å². The van der Waals surface area contributed by atoms with Gasteiger partial charge in [0.1, 0.15) is 17.2 Å². The minimum Gasteiger partial charge on any atom is -0.494 e. The summed E-state index contributed by atoms with van der Waals surface area (Å²) in [6.45, 7) is 0.754. The summed E-state index contributed by atoms with van der Waals surface area (Å²) in [4.78, 5) is 0. The maximum absolute atomic E-state index is 5.86. The Morgan fingerprint density at radius 3 is 3.08 bits per heavy atom. The molecule has 2 rings (SSSR count). The third-order valence-electron chi connectivity index (χ3n) is 2.29. The number of methoxy groups -OCH3 is 1. The summed E-state index contributed by atoms with van der Waals surface area (Å²) in [6.07, 6.45) is 2.11. The molecular weight excluding hydrogens is 166 g/mol. The standard InChI is InChI=1S/C10H13NO2/c1-12-8-5-4-7-3-2-6-13-10(7)9(8)11/h4-5H,2-3,6,11H2,1H3. The lowest BCUT2D eigenvalue weighted by molar-refractivity contribution is 0.288. The number of nitrogens with two attached hydrogens (primary N) is 1. The molecule has 1 aromatic carbocycles. The van der Waals surface area contributed by atoms with Crippen molar-refractivity contribution in [1.82, 2.24) is 0 Å². The Hall–Kier alpha value is -1.38. The van der Waals surface area contributed by atoms with Gasteiger partial charge in [-0.15, -0.1) is 0 Å². The minimum atomic E-state index is 0.625. The molecule has 0 unspecified atom stereocenters. The molecule has 0 aliphatic carbocycles. The van der Waals surface area contributed by atoms with Crippen LogP contribution in [-0.2, 0) is 6.42 Å². The molecule has 1 aliphatic heterocycles. The zero-order valence-corrected chi connectivity index (χ0v) is 7.67. The molecule has 3 heteroatoms. The quantitative estimate of drug-likeness (QED) is 0.666. The smallest absolute Gasteiger partial charge is 0.149 e. The van der Waals surface area contributed by atoms with E-state index in [4.69, 9.17) is 15.2 Å². The molecule has 0 fully saturated rings. The van der Waals surface area contributed by atoms with E-state index in [1.165, 1.54) is 5.56 Å². The summed E-state index contributed by atoms with van der Waals surface area (Å²) in [6, 6.07) is 3.91. The zero-order valence-electron chi connectivity index (χ0n) is 7.67. The molecule has 0 amide bonds. The van der Waals surface area contributed by atoms with Gasteiger partial charge in [-0.05, 0) is 24.5 Å². The number of rotatable bonds is 1. The fourth-order valence-corrected chi connectivity index (χ4v) is 1.61. The first-order chi connectivity index (χ1) is 6.33. The second kappa shape index (κ2) is 3.17. The maximum atomic E-state index is 5.86. The van der Waals surface area contributed by atoms with Crippen LogP contribution in [0.25, 0.3) is 0 Å². The third kappa shape index (κ3) is 1.30. The van der Waals surface area contributed by atoms with E-state index < -0.39 is 0 Å². The predicted molar refractivity (Wildman–Crippen MR) is 51.2 cm³/mol. The first-order valence-corrected chi connectivity index (χ1v) is 4.41. The molecule has 1 aliphatic rings. The van der Waals surface area contributed by atoms with Crippen molar-refractivity contribution in [3.05, 3.63) is 17.7 Å². The van der Waals surface area contributed by atoms with Crippen molar-refractivity contribution in [2.24, 2.45) is 0 Å². The number of hydrogen-bond acceptors (Lipinski definition) is 3. The summed E-state index contributed by atoms with van der Waals surface area (Å²) >= 11 is 0. The summed E-state index contributed by atoms with van der Waals surface area (Å²) in [5, 5.41) is 0. The van der Waals surface area contributed by atoms with E-state index in [1.54, 1.807) is 7.11 Å². The van der Waals surface area contributed by atoms with E-state index in [2.05, 4.69) is 0 Å². The maximum Gasteiger partial charge on any atom is 0.149 e. The van der Waals surface area contributed by atoms with Crippen molar-refractivity contribution < 1.29 is 9.47 Å². The highest BCUT2D eigenvalue weighted by atomic mass is 16.5. The van der Waals surface area contributed by atoms with E-state index in [0.717, 1.165) is 25.2 Å². The number of hydrogen-bond donors (Lipinski definition) is 1. The number of ether oxygens (including phenoxy) is 2. The van der Waals surface area contributed by atoms with Crippen LogP contribution in [0, 0.1) is 0 Å². The van der Waals surface area contributed by atoms with Crippen LogP contribution in [0.15, 0.2) is 12.1 Å². The fraction of sp³-hybridized carbons (Fsp3) is 0.400. The van der Waals surface area contributed by atoms with Gasteiger partial charge in [-0.25, -0.2) is 0 Å². The SMILES string of the molecule is COc1ccc2c(c1N)OCCC2. The summed E-state index contributed by atoms with van der Waals surface area (Å²) in [5.74, 6) is 1.51. The molecule has 0 radical (unpaired) electrons. The molecule has 0 saturated carbocycles. The van der Waals surface area contributed by atoms with Crippen molar-refractivity contribution in [3.63, 3.8) is 0 Å². The van der Waals surface area contributed by atoms with Gasteiger partial charge in [0.15, 0.2) is 0 Å². The lowest BCUT2D eigenvalue weighted by Crippen LogP contribution is -2.10. The number of aryl methyl sites for hydroxylation is 1. The van der Waals surface area contributed by atoms with Crippen molar-refractivity contribution in [2.75, 3.05) is 19.5 Å². The monoisotopic (exact) mass is 179 g/mol. The fourth-order valence-electron chi connectivity index (χ4n) is 1.61. The number of nitrogen functional groups attached to an aromatic ring is 1. The largest absolute Gasteiger partial charge is 0.494 e. The van der Waals surface area contributed by atoms with Gasteiger partial charge in [0.05, 0.1) is 13.7 Å². The van der Waals surface area contributed by atoms with Crippen LogP contribution in [0.3, 0.4) is 0 Å². The Labute approximate surface area is 77.5 Å². The molecule has 0 bridgehead atoms. The lowest BCUT2D eigenvalue weighted by atomic mass is 10.1. The first-order valence-electron chi connectivity index (χ1n) is 4.41. The molecule has 2 N–H and O–H groups in total. The van der Waals surface area contributed by atoms with E-state index >= 15 is 0 Å². The van der Waals surface area contributed by atoms with E-state index in [1.807, 2.05) is 12.1 Å². The van der Waals surface area contributed by atoms with Crippen LogP contribution in [-0.4, -0.2) is 13.7 Å². The summed E-state index contributed by atoms with van der Waals surface area (Å²) in [7, 11) is 1.61. The molecule has 0 saturated heterocycles. The van der Waals surface area contributed by atoms with Crippen molar-refractivity contribution in [1.29, 1.82) is 0 Å². The van der Waals surface area contributed by atoms with Gasteiger partial charge in [-0.2, -0.15) is 0 Å². The van der Waals surface area contributed by atoms with E-state index in [0.29, 0.717) is 11.4 Å². The second-order valence-electron chi connectivity index (χ2n) is 3.12. The van der Waals surface area contributed by atoms with E-state index in [9.17, 15) is 0 Å². The highest BCUT2D eigenvalue weighted by Crippen LogP contribution is 2.37. The Balaban J connectivity index is 2.48. The second-order valence-corrected chi connectivity index (χ2v) is 3.12. The van der Waals surface area contributed by atoms with Gasteiger partial charge in [-0.3, -0.25) is 0 Å². The van der Waals surface area contributed by atoms with Crippen LogP contribution in [0.1, 0.15) is 12.0 Å². The molecule has 0 atom stereocenters. The van der Waals surface area contributed by atoms with E-state index in [-0.39, 0.29) is 0 Å². The zero-order chi connectivity index (χ0) is 9.26. The molecule has 3 nitrogen and oxygen atoms in total. The predicted octanol–water partition coefficient (Wildman–Crippen LogP) is 1.60. The minimum absolute atomic E-state index is 0.625. The number of benzene rings is 1. The molecule has 1 heterocycles. The van der Waals surface area contributed by atoms with Gasteiger partial charge in [0.2, 0.25) is 0 Å². The van der Waals surface area contributed by atoms with Gasteiger partial charge in [0, 0.05) is 0 Å². The number of anilines is 1. The van der Waals surface area contributed by atoms with Gasteiger partial charge >= 0.3 is 0 Å². The van der Waals surface area contributed by atoms with Gasteiger partial charge in [-0.1, -0.05) is 6.07 Å². The summed E-state index contributed by atoms with van der Waals surface area (Å²) in [5.41, 5.74) is 7.67. The Morgan fingerprint density at radius 2 is 2.31 bits per heavy atom. The first kappa shape index (κ1) is 8.23. The van der Waals surface area contributed by atoms with Crippen LogP contribution in [0.4, 0.5) is 5.69 Å². The molecule has 0 aromatic heterocycles. The van der Waals surface area contributed by atoms with Crippen LogP contribution < -0.4 is 15.2 Å². The van der Waals surface area contributed by atoms with Crippen molar-refractivity contribution in [2.45, 2.75) is 12.8 Å². The average Bonchev–Trinajstić information content (AvgIpc) is 2.19. The molecule has 13 heavy (non-hydrogen) atoms. The van der Waals surface area contributed by atoms with Crippen LogP contribution >= 0.6 is 0 Å². The molecular formula is C10H13NO2. The summed E-state index contributed by atoms with van der Waals surface area (Å²) < 4.78 is 10.6. The topological polar surface area (TPSA) is 44.5 Å². The van der Waals surface area contributed by atoms with Gasteiger partial charge in [0.25, 0.3) is 0 Å².